The summed E-state index contributed by atoms with van der Waals surface area (Å²) in [7, 11) is 0. The summed E-state index contributed by atoms with van der Waals surface area (Å²) in [5, 5.41) is 21.1. The first-order valence-electron chi connectivity index (χ1n) is 6.88. The third-order valence-electron chi connectivity index (χ3n) is 5.08. The average molecular weight is 424 g/mol. The van der Waals surface area contributed by atoms with Gasteiger partial charge in [-0.2, -0.15) is 0 Å². The summed E-state index contributed by atoms with van der Waals surface area (Å²) in [5.74, 6) is 0. The Morgan fingerprint density at radius 2 is 2.14 bits per heavy atom. The molecule has 2 aliphatic carbocycles. The molecule has 0 amide bonds. The lowest BCUT2D eigenvalue weighted by molar-refractivity contribution is -0.109. The normalized spacial score (nSPS) is 49.0. The number of ether oxygens (including phenoxy) is 1. The molecular weight excluding hydrogens is 410 g/mol. The number of aromatic nitrogens is 2. The number of nitrogens with zero attached hydrogens (tertiary/aromatic N) is 1. The number of H-pyrrole nitrogens is 1. The highest BCUT2D eigenvalue weighted by molar-refractivity contribution is 14.1. The highest BCUT2D eigenvalue weighted by atomic mass is 127. The minimum absolute atomic E-state index is 0.0669. The van der Waals surface area contributed by atoms with Crippen molar-refractivity contribution in [2.75, 3.05) is 0 Å². The van der Waals surface area contributed by atoms with Gasteiger partial charge in [0.25, 0.3) is 5.56 Å². The first-order chi connectivity index (χ1) is 10.1. The lowest BCUT2D eigenvalue weighted by Gasteiger charge is -2.27. The number of nitrogens with one attached hydrogen (secondary N) is 1. The molecule has 0 spiro atoms. The Hall–Kier alpha value is -0.780. The van der Waals surface area contributed by atoms with Gasteiger partial charge >= 0.3 is 5.69 Å². The van der Waals surface area contributed by atoms with Gasteiger partial charge in [0.2, 0.25) is 0 Å². The van der Waals surface area contributed by atoms with Gasteiger partial charge in [0, 0.05) is 24.6 Å². The molecule has 0 bridgehead atoms. The summed E-state index contributed by atoms with van der Waals surface area (Å²) in [6.45, 7) is 1.54. The van der Waals surface area contributed by atoms with E-state index in [4.69, 9.17) is 4.74 Å². The van der Waals surface area contributed by atoms with Crippen molar-refractivity contribution in [3.05, 3.63) is 32.6 Å². The van der Waals surface area contributed by atoms with E-state index in [1.807, 2.05) is 22.6 Å². The molecule has 4 rings (SSSR count). The van der Waals surface area contributed by atoms with E-state index in [1.54, 1.807) is 6.92 Å². The number of rotatable bonds is 1. The Bertz CT molecular complexity index is 795. The van der Waals surface area contributed by atoms with Gasteiger partial charge in [-0.1, -0.05) is 22.6 Å². The fourth-order valence-corrected chi connectivity index (χ4v) is 4.85. The number of halogens is 2. The van der Waals surface area contributed by atoms with Gasteiger partial charge in [-0.05, 0) is 6.92 Å². The first-order valence-corrected chi connectivity index (χ1v) is 8.12. The molecule has 7 nitrogen and oxygen atoms in total. The summed E-state index contributed by atoms with van der Waals surface area (Å²) in [5.41, 5.74) is -5.89. The van der Waals surface area contributed by atoms with Gasteiger partial charge < -0.3 is 14.9 Å². The zero-order chi connectivity index (χ0) is 16.1. The number of aromatic amines is 1. The Morgan fingerprint density at radius 3 is 2.77 bits per heavy atom. The Morgan fingerprint density at radius 1 is 1.45 bits per heavy atom. The zero-order valence-corrected chi connectivity index (χ0v) is 13.7. The SMILES string of the molecule is Cc1cn([C@@H]2O[C@H]3[C@](O)(C[C@]4(F)C[C@]34O)[C@H]2I)c(=O)[nH]c1=O. The van der Waals surface area contributed by atoms with Crippen LogP contribution in [-0.4, -0.2) is 46.7 Å². The van der Waals surface area contributed by atoms with Crippen molar-refractivity contribution in [3.63, 3.8) is 0 Å². The van der Waals surface area contributed by atoms with Crippen LogP contribution < -0.4 is 11.2 Å². The van der Waals surface area contributed by atoms with Crippen LogP contribution in [0, 0.1) is 6.92 Å². The van der Waals surface area contributed by atoms with Crippen molar-refractivity contribution in [1.29, 1.82) is 0 Å². The summed E-state index contributed by atoms with van der Waals surface area (Å²) in [6, 6.07) is 0. The largest absolute Gasteiger partial charge is 0.386 e. The molecule has 1 saturated heterocycles. The molecular formula is C13H14FIN2O5. The molecule has 3 fully saturated rings. The highest BCUT2D eigenvalue weighted by Crippen LogP contribution is 2.70. The van der Waals surface area contributed by atoms with E-state index >= 15 is 0 Å². The maximum atomic E-state index is 14.3. The lowest BCUT2D eigenvalue weighted by atomic mass is 9.92. The number of aryl methyl sites for hydroxylation is 1. The second-order valence-corrected chi connectivity index (χ2v) is 7.86. The molecule has 6 atom stereocenters. The van der Waals surface area contributed by atoms with Crippen LogP contribution in [0.4, 0.5) is 4.39 Å². The average Bonchev–Trinajstić information content (AvgIpc) is 2.76. The van der Waals surface area contributed by atoms with Crippen LogP contribution in [0.1, 0.15) is 24.6 Å². The van der Waals surface area contributed by atoms with Crippen molar-refractivity contribution >= 4 is 22.6 Å². The van der Waals surface area contributed by atoms with Crippen LogP contribution in [-0.2, 0) is 4.74 Å². The second kappa shape index (κ2) is 4.00. The molecule has 1 aromatic heterocycles. The highest BCUT2D eigenvalue weighted by Gasteiger charge is 2.86. The van der Waals surface area contributed by atoms with Gasteiger partial charge in [-0.15, -0.1) is 0 Å². The van der Waals surface area contributed by atoms with Crippen LogP contribution in [0.15, 0.2) is 15.8 Å². The summed E-state index contributed by atoms with van der Waals surface area (Å²) in [4.78, 5) is 25.6. The number of hydrogen-bond acceptors (Lipinski definition) is 5. The van der Waals surface area contributed by atoms with Crippen molar-refractivity contribution in [2.45, 2.75) is 52.9 Å². The maximum Gasteiger partial charge on any atom is 0.330 e. The van der Waals surface area contributed by atoms with E-state index in [9.17, 15) is 24.2 Å². The van der Waals surface area contributed by atoms with Crippen LogP contribution in [0.5, 0.6) is 0 Å². The zero-order valence-electron chi connectivity index (χ0n) is 11.5. The number of fused-ring (bicyclic) bond motifs is 3. The second-order valence-electron chi connectivity index (χ2n) is 6.52. The predicted octanol–water partition coefficient (Wildman–Crippen LogP) is -0.476. The molecule has 0 unspecified atom stereocenters. The van der Waals surface area contributed by atoms with E-state index in [2.05, 4.69) is 4.98 Å². The minimum Gasteiger partial charge on any atom is -0.386 e. The summed E-state index contributed by atoms with van der Waals surface area (Å²) < 4.78 is 20.5. The predicted molar refractivity (Wildman–Crippen MR) is 80.8 cm³/mol. The van der Waals surface area contributed by atoms with Crippen LogP contribution in [0.2, 0.25) is 0 Å². The quantitative estimate of drug-likeness (QED) is 0.418. The molecule has 2 saturated carbocycles. The topological polar surface area (TPSA) is 105 Å². The van der Waals surface area contributed by atoms with Crippen molar-refractivity contribution < 1.29 is 19.3 Å². The van der Waals surface area contributed by atoms with Crippen LogP contribution in [0.25, 0.3) is 0 Å². The lowest BCUT2D eigenvalue weighted by Crippen LogP contribution is -2.47. The smallest absolute Gasteiger partial charge is 0.330 e. The summed E-state index contributed by atoms with van der Waals surface area (Å²) >= 11 is 1.91. The third-order valence-corrected chi connectivity index (χ3v) is 6.77. The molecule has 0 aromatic carbocycles. The standard InChI is InChI=1S/C13H14FIN2O5/c1-5-2-17(10(19)16-7(5)18)8-6(15)12(20)3-11(14)4-13(11,21)9(12)22-8/h2,6,8-9,20-21H,3-4H2,1H3,(H,16,18,19)/t6-,8+,9-,11-,12-,13-/m0/s1. The number of aliphatic hydroxyl groups is 2. The molecule has 2 heterocycles. The molecule has 9 heteroatoms. The van der Waals surface area contributed by atoms with Gasteiger partial charge in [-0.25, -0.2) is 9.18 Å². The molecule has 0 radical (unpaired) electrons. The van der Waals surface area contributed by atoms with E-state index in [-0.39, 0.29) is 12.8 Å². The van der Waals surface area contributed by atoms with Gasteiger partial charge in [0.05, 0.1) is 3.92 Å². The van der Waals surface area contributed by atoms with Crippen molar-refractivity contribution in [2.24, 2.45) is 0 Å². The fourth-order valence-electron chi connectivity index (χ4n) is 3.79. The molecule has 3 N–H and O–H groups in total. The van der Waals surface area contributed by atoms with Gasteiger partial charge in [0.1, 0.15) is 23.0 Å². The number of alkyl halides is 2. The van der Waals surface area contributed by atoms with Crippen molar-refractivity contribution in [1.82, 2.24) is 9.55 Å². The van der Waals surface area contributed by atoms with E-state index in [0.29, 0.717) is 5.56 Å². The van der Waals surface area contributed by atoms with Crippen LogP contribution >= 0.6 is 22.6 Å². The van der Waals surface area contributed by atoms with Gasteiger partial charge in [0.15, 0.2) is 6.23 Å². The fraction of sp³-hybridized carbons (Fsp3) is 0.692. The molecule has 1 aromatic rings. The Balaban J connectivity index is 1.77. The Kier molecular flexibility index (Phi) is 2.69. The minimum atomic E-state index is -1.81. The van der Waals surface area contributed by atoms with Crippen molar-refractivity contribution in [3.8, 4) is 0 Å². The Labute approximate surface area is 137 Å². The number of hydrogen-bond donors (Lipinski definition) is 3. The maximum absolute atomic E-state index is 14.3. The van der Waals surface area contributed by atoms with Crippen LogP contribution in [0.3, 0.4) is 0 Å². The first kappa shape index (κ1) is 14.8. The van der Waals surface area contributed by atoms with Gasteiger partial charge in [-0.3, -0.25) is 14.3 Å². The van der Waals surface area contributed by atoms with E-state index in [1.165, 1.54) is 10.8 Å². The van der Waals surface area contributed by atoms with E-state index < -0.39 is 44.4 Å². The monoisotopic (exact) mass is 424 g/mol. The van der Waals surface area contributed by atoms with E-state index in [0.717, 1.165) is 0 Å². The molecule has 120 valence electrons. The molecule has 22 heavy (non-hydrogen) atoms. The molecule has 3 aliphatic rings. The third kappa shape index (κ3) is 1.55. The molecule has 1 aliphatic heterocycles. The summed E-state index contributed by atoms with van der Waals surface area (Å²) in [6.07, 6.45) is -0.907.